The molecule has 0 aliphatic carbocycles. The van der Waals surface area contributed by atoms with Gasteiger partial charge in [0.25, 0.3) is 0 Å². The van der Waals surface area contributed by atoms with Crippen molar-refractivity contribution in [1.29, 1.82) is 0 Å². The van der Waals surface area contributed by atoms with Crippen LogP contribution < -0.4 is 5.32 Å². The summed E-state index contributed by atoms with van der Waals surface area (Å²) in [4.78, 5) is 37.6. The largest absolute Gasteiger partial charge is 0.480 e. The number of thioether (sulfide) groups is 1. The first-order chi connectivity index (χ1) is 11.6. The molecule has 0 aromatic rings. The number of rotatable bonds is 6. The molecule has 2 rings (SSSR count). The van der Waals surface area contributed by atoms with Gasteiger partial charge in [0.05, 0.1) is 0 Å². The maximum absolute atomic E-state index is 12.4. The smallest absolute Gasteiger partial charge is 0.327 e. The van der Waals surface area contributed by atoms with E-state index < -0.39 is 22.8 Å². The maximum atomic E-state index is 12.4. The second-order valence-corrected chi connectivity index (χ2v) is 9.01. The number of allylic oxidation sites excluding steroid dienone is 3. The highest BCUT2D eigenvalue weighted by molar-refractivity contribution is 8.01. The summed E-state index contributed by atoms with van der Waals surface area (Å²) < 4.78 is -0.583. The minimum atomic E-state index is -1.01. The molecule has 0 saturated carbocycles. The Morgan fingerprint density at radius 3 is 2.56 bits per heavy atom. The van der Waals surface area contributed by atoms with Crippen molar-refractivity contribution in [3.8, 4) is 0 Å². The maximum Gasteiger partial charge on any atom is 0.327 e. The lowest BCUT2D eigenvalue weighted by atomic mass is 9.95. The van der Waals surface area contributed by atoms with Gasteiger partial charge < -0.3 is 15.3 Å². The molecule has 0 aromatic carbocycles. The van der Waals surface area contributed by atoms with Gasteiger partial charge in [0.1, 0.15) is 17.5 Å². The van der Waals surface area contributed by atoms with Crippen molar-refractivity contribution in [2.24, 2.45) is 5.92 Å². The summed E-state index contributed by atoms with van der Waals surface area (Å²) in [5, 5.41) is 11.9. The van der Waals surface area contributed by atoms with E-state index in [4.69, 9.17) is 0 Å². The number of carboxylic acids is 1. The molecule has 0 spiro atoms. The third-order valence-corrected chi connectivity index (χ3v) is 6.17. The predicted molar refractivity (Wildman–Crippen MR) is 98.0 cm³/mol. The number of fused-ring (bicyclic) bond motifs is 1. The summed E-state index contributed by atoms with van der Waals surface area (Å²) in [6, 6.07) is -1.50. The Bertz CT molecular complexity index is 639. The number of carbonyl (C=O) groups is 3. The summed E-state index contributed by atoms with van der Waals surface area (Å²) in [5.74, 6) is -1.30. The average molecular weight is 366 g/mol. The van der Waals surface area contributed by atoms with Gasteiger partial charge >= 0.3 is 5.97 Å². The van der Waals surface area contributed by atoms with Crippen LogP contribution >= 0.6 is 11.8 Å². The molecule has 3 atom stereocenters. The van der Waals surface area contributed by atoms with Crippen molar-refractivity contribution in [2.75, 3.05) is 0 Å². The number of amides is 2. The van der Waals surface area contributed by atoms with Gasteiger partial charge in [0, 0.05) is 11.2 Å². The van der Waals surface area contributed by atoms with E-state index in [-0.39, 0.29) is 29.5 Å². The van der Waals surface area contributed by atoms with E-state index >= 15 is 0 Å². The second kappa shape index (κ2) is 7.23. The SMILES string of the molecule is C/C=C\C=C(\CC(=O)N[C@@H]1C(=O)N2C1SC(C)(C)C2C(=O)O)C(C)C. The molecule has 2 unspecified atom stereocenters. The highest BCUT2D eigenvalue weighted by atomic mass is 32.2. The normalized spacial score (nSPS) is 28.2. The predicted octanol–water partition coefficient (Wildman–Crippen LogP) is 2.17. The first-order valence-electron chi connectivity index (χ1n) is 8.44. The van der Waals surface area contributed by atoms with Gasteiger partial charge in [-0.2, -0.15) is 0 Å². The molecule has 25 heavy (non-hydrogen) atoms. The minimum absolute atomic E-state index is 0.209. The second-order valence-electron chi connectivity index (χ2n) is 7.24. The lowest BCUT2D eigenvalue weighted by molar-refractivity contribution is -0.161. The van der Waals surface area contributed by atoms with Crippen molar-refractivity contribution in [1.82, 2.24) is 10.2 Å². The van der Waals surface area contributed by atoms with Gasteiger partial charge in [0.2, 0.25) is 11.8 Å². The molecule has 2 heterocycles. The van der Waals surface area contributed by atoms with Gasteiger partial charge in [-0.25, -0.2) is 4.79 Å². The fourth-order valence-corrected chi connectivity index (χ4v) is 4.86. The van der Waals surface area contributed by atoms with Crippen LogP contribution in [-0.4, -0.2) is 50.0 Å². The number of carbonyl (C=O) groups excluding carboxylic acids is 2. The van der Waals surface area contributed by atoms with Crippen LogP contribution in [0.2, 0.25) is 0 Å². The zero-order chi connectivity index (χ0) is 18.9. The molecule has 2 N–H and O–H groups in total. The Labute approximate surface area is 152 Å². The molecule has 138 valence electrons. The van der Waals surface area contributed by atoms with Crippen molar-refractivity contribution < 1.29 is 19.5 Å². The zero-order valence-corrected chi connectivity index (χ0v) is 16.1. The van der Waals surface area contributed by atoms with Gasteiger partial charge in [-0.15, -0.1) is 11.8 Å². The lowest BCUT2D eigenvalue weighted by Crippen LogP contribution is -2.70. The van der Waals surface area contributed by atoms with E-state index in [1.165, 1.54) is 16.7 Å². The van der Waals surface area contributed by atoms with E-state index in [0.717, 1.165) is 5.57 Å². The number of hydrogen-bond donors (Lipinski definition) is 2. The Kier molecular flexibility index (Phi) is 5.66. The standard InChI is InChI=1S/C18H26N2O4S/c1-6-7-8-11(10(2)3)9-12(21)19-13-15(22)20-14(17(23)24)18(4,5)25-16(13)20/h6-8,10,13-14,16H,9H2,1-5H3,(H,19,21)(H,23,24)/b7-6-,11-8-/t13-,14?,16?/m1/s1. The molecule has 2 amide bonds. The first kappa shape index (κ1) is 19.6. The van der Waals surface area contributed by atoms with Crippen LogP contribution in [0.3, 0.4) is 0 Å². The third-order valence-electron chi connectivity index (χ3n) is 4.60. The summed E-state index contributed by atoms with van der Waals surface area (Å²) in [7, 11) is 0. The monoisotopic (exact) mass is 366 g/mol. The molecular weight excluding hydrogens is 340 g/mol. The molecule has 2 fully saturated rings. The first-order valence-corrected chi connectivity index (χ1v) is 9.32. The van der Waals surface area contributed by atoms with Crippen LogP contribution in [0.25, 0.3) is 0 Å². The number of carboxylic acid groups (broad SMARTS) is 1. The van der Waals surface area contributed by atoms with Crippen LogP contribution in [0.15, 0.2) is 23.8 Å². The molecule has 0 radical (unpaired) electrons. The molecule has 2 aliphatic heterocycles. The van der Waals surface area contributed by atoms with E-state index in [2.05, 4.69) is 5.32 Å². The van der Waals surface area contributed by atoms with Crippen LogP contribution in [0, 0.1) is 5.92 Å². The number of nitrogens with zero attached hydrogens (tertiary/aromatic N) is 1. The number of hydrogen-bond acceptors (Lipinski definition) is 4. The summed E-state index contributed by atoms with van der Waals surface area (Å²) in [6.45, 7) is 9.58. The molecule has 7 heteroatoms. The highest BCUT2D eigenvalue weighted by Gasteiger charge is 2.64. The molecule has 6 nitrogen and oxygen atoms in total. The zero-order valence-electron chi connectivity index (χ0n) is 15.3. The van der Waals surface area contributed by atoms with E-state index in [9.17, 15) is 19.5 Å². The quantitative estimate of drug-likeness (QED) is 0.556. The molecular formula is C18H26N2O4S. The number of aliphatic carboxylic acids is 1. The van der Waals surface area contributed by atoms with Crippen LogP contribution in [-0.2, 0) is 14.4 Å². The minimum Gasteiger partial charge on any atom is -0.480 e. The topological polar surface area (TPSA) is 86.7 Å². The summed E-state index contributed by atoms with van der Waals surface area (Å²) >= 11 is 1.43. The summed E-state index contributed by atoms with van der Waals surface area (Å²) in [6.07, 6.45) is 5.95. The molecule has 0 bridgehead atoms. The molecule has 2 aliphatic rings. The fraction of sp³-hybridized carbons (Fsp3) is 0.611. The Morgan fingerprint density at radius 2 is 2.04 bits per heavy atom. The molecule has 2 saturated heterocycles. The lowest BCUT2D eigenvalue weighted by Gasteiger charge is -2.43. The number of β-lactam (4-membered cyclic amide) rings is 1. The Balaban J connectivity index is 2.04. The fourth-order valence-electron chi connectivity index (χ4n) is 3.23. The van der Waals surface area contributed by atoms with Crippen LogP contribution in [0.4, 0.5) is 0 Å². The third kappa shape index (κ3) is 3.76. The number of nitrogens with one attached hydrogen (secondary N) is 1. The van der Waals surface area contributed by atoms with Crippen LogP contribution in [0.1, 0.15) is 41.0 Å². The molecule has 0 aromatic heterocycles. The van der Waals surface area contributed by atoms with Crippen molar-refractivity contribution >= 4 is 29.5 Å². The van der Waals surface area contributed by atoms with Crippen molar-refractivity contribution in [3.63, 3.8) is 0 Å². The highest BCUT2D eigenvalue weighted by Crippen LogP contribution is 2.50. The van der Waals surface area contributed by atoms with Gasteiger partial charge in [-0.3, -0.25) is 9.59 Å². The van der Waals surface area contributed by atoms with Gasteiger partial charge in [-0.05, 0) is 26.7 Å². The van der Waals surface area contributed by atoms with Gasteiger partial charge in [-0.1, -0.05) is 37.6 Å². The summed E-state index contributed by atoms with van der Waals surface area (Å²) in [5.41, 5.74) is 0.988. The average Bonchev–Trinajstić information content (AvgIpc) is 2.77. The van der Waals surface area contributed by atoms with Crippen LogP contribution in [0.5, 0.6) is 0 Å². The van der Waals surface area contributed by atoms with Gasteiger partial charge in [0.15, 0.2) is 0 Å². The van der Waals surface area contributed by atoms with E-state index in [1.54, 1.807) is 0 Å². The Morgan fingerprint density at radius 1 is 1.40 bits per heavy atom. The van der Waals surface area contributed by atoms with E-state index in [0.29, 0.717) is 0 Å². The van der Waals surface area contributed by atoms with Crippen molar-refractivity contribution in [2.45, 2.75) is 63.2 Å². The Hall–Kier alpha value is -1.76. The van der Waals surface area contributed by atoms with E-state index in [1.807, 2.05) is 52.8 Å². The van der Waals surface area contributed by atoms with Crippen molar-refractivity contribution in [3.05, 3.63) is 23.8 Å².